The highest BCUT2D eigenvalue weighted by Gasteiger charge is 2.51. The zero-order valence-corrected chi connectivity index (χ0v) is 19.6. The average Bonchev–Trinajstić information content (AvgIpc) is 3.05. The molecule has 0 N–H and O–H groups in total. The fraction of sp³-hybridized carbons (Fsp3) is 0.400. The second-order valence-electron chi connectivity index (χ2n) is 9.22. The maximum absolute atomic E-state index is 15.2. The Morgan fingerprint density at radius 3 is 2.23 bits per heavy atom. The summed E-state index contributed by atoms with van der Waals surface area (Å²) in [4.78, 5) is 2.23. The van der Waals surface area contributed by atoms with Gasteiger partial charge in [-0.15, -0.1) is 0 Å². The molecule has 0 unspecified atom stereocenters. The summed E-state index contributed by atoms with van der Waals surface area (Å²) in [6, 6.07) is 18.5. The van der Waals surface area contributed by atoms with Crippen molar-refractivity contribution < 1.29 is 4.57 Å². The van der Waals surface area contributed by atoms with Crippen LogP contribution in [0.4, 0.5) is 11.4 Å². The van der Waals surface area contributed by atoms with Crippen molar-refractivity contribution in [3.8, 4) is 0 Å². The lowest BCUT2D eigenvalue weighted by molar-refractivity contribution is 0.425. The van der Waals surface area contributed by atoms with Crippen molar-refractivity contribution in [2.45, 2.75) is 44.9 Å². The number of para-hydroxylation sites is 2. The third-order valence-corrected chi connectivity index (χ3v) is 9.89. The zero-order chi connectivity index (χ0) is 21.6. The van der Waals surface area contributed by atoms with Crippen LogP contribution >= 0.6 is 7.44 Å². The minimum atomic E-state index is -3.13. The van der Waals surface area contributed by atoms with Gasteiger partial charge in [0.1, 0.15) is 0 Å². The third kappa shape index (κ3) is 3.09. The number of anilines is 2. The van der Waals surface area contributed by atoms with E-state index in [1.54, 1.807) is 0 Å². The van der Waals surface area contributed by atoms with E-state index in [4.69, 9.17) is 5.10 Å². The zero-order valence-electron chi connectivity index (χ0n) is 18.7. The standard InChI is InChI=1S/C25H31N4OP/c1-25(2)21-15-9-10-16-22(21)27(3)24(25)23-19-26-29(20-13-7-6-8-14-20)31(23,30)28-17-11-4-5-12-18-28/h6-10,13-16,19H,4-5,11-12,17-18H2,1-3H3/b24-23+/t31-/m1/s1. The quantitative estimate of drug-likeness (QED) is 0.528. The maximum Gasteiger partial charge on any atom is 0.292 e. The monoisotopic (exact) mass is 434 g/mol. The summed E-state index contributed by atoms with van der Waals surface area (Å²) in [7, 11) is -1.03. The normalized spacial score (nSPS) is 28.1. The van der Waals surface area contributed by atoms with Gasteiger partial charge in [-0.1, -0.05) is 63.1 Å². The van der Waals surface area contributed by atoms with Crippen molar-refractivity contribution >= 4 is 25.0 Å². The molecule has 0 aromatic heterocycles. The van der Waals surface area contributed by atoms with Gasteiger partial charge in [0.25, 0.3) is 7.44 Å². The Bertz CT molecular complexity index is 1080. The summed E-state index contributed by atoms with van der Waals surface area (Å²) in [5.74, 6) is 0. The van der Waals surface area contributed by atoms with Gasteiger partial charge in [0.2, 0.25) is 0 Å². The van der Waals surface area contributed by atoms with E-state index in [1.807, 2.05) is 41.3 Å². The summed E-state index contributed by atoms with van der Waals surface area (Å²) in [5.41, 5.74) is 4.19. The highest BCUT2D eigenvalue weighted by atomic mass is 31.2. The van der Waals surface area contributed by atoms with Crippen LogP contribution in [0.1, 0.15) is 45.1 Å². The van der Waals surface area contributed by atoms with Crippen molar-refractivity contribution in [1.29, 1.82) is 0 Å². The van der Waals surface area contributed by atoms with Gasteiger partial charge in [0, 0.05) is 36.9 Å². The van der Waals surface area contributed by atoms with Crippen molar-refractivity contribution in [2.75, 3.05) is 29.8 Å². The lowest BCUT2D eigenvalue weighted by Crippen LogP contribution is -2.32. The molecule has 162 valence electrons. The molecule has 0 bridgehead atoms. The van der Waals surface area contributed by atoms with Crippen molar-refractivity contribution in [3.05, 3.63) is 71.2 Å². The van der Waals surface area contributed by atoms with Crippen LogP contribution in [0, 0.1) is 0 Å². The molecule has 3 heterocycles. The SMILES string of the molecule is CN1/C(=C2\C=NN(c3ccccc3)[P@]2(=O)N2CCCCCC2)C(C)(C)c2ccccc21. The number of rotatable bonds is 2. The molecule has 1 saturated heterocycles. The summed E-state index contributed by atoms with van der Waals surface area (Å²) in [5, 5.41) is 5.65. The molecule has 0 aliphatic carbocycles. The molecule has 31 heavy (non-hydrogen) atoms. The van der Waals surface area contributed by atoms with Crippen LogP contribution < -0.4 is 9.68 Å². The lowest BCUT2D eigenvalue weighted by atomic mass is 9.84. The van der Waals surface area contributed by atoms with Gasteiger partial charge < -0.3 is 4.90 Å². The van der Waals surface area contributed by atoms with Crippen LogP contribution in [0.15, 0.2) is 70.7 Å². The van der Waals surface area contributed by atoms with Crippen LogP contribution in [0.5, 0.6) is 0 Å². The van der Waals surface area contributed by atoms with E-state index < -0.39 is 7.44 Å². The Labute approximate surface area is 185 Å². The first-order chi connectivity index (χ1) is 15.0. The molecule has 0 amide bonds. The molecule has 5 nitrogen and oxygen atoms in total. The summed E-state index contributed by atoms with van der Waals surface area (Å²) in [6.07, 6.45) is 6.43. The molecule has 0 saturated carbocycles. The molecule has 1 atom stereocenters. The van der Waals surface area contributed by atoms with Crippen LogP contribution in [0.25, 0.3) is 0 Å². The summed E-state index contributed by atoms with van der Waals surface area (Å²) >= 11 is 0. The first kappa shape index (κ1) is 20.5. The van der Waals surface area contributed by atoms with Gasteiger partial charge in [-0.3, -0.25) is 4.57 Å². The van der Waals surface area contributed by atoms with E-state index >= 15 is 4.57 Å². The minimum Gasteiger partial charge on any atom is -0.346 e. The van der Waals surface area contributed by atoms with Gasteiger partial charge in [0.05, 0.1) is 17.2 Å². The summed E-state index contributed by atoms with van der Waals surface area (Å²) < 4.78 is 19.2. The maximum atomic E-state index is 15.2. The summed E-state index contributed by atoms with van der Waals surface area (Å²) in [6.45, 7) is 6.17. The Morgan fingerprint density at radius 1 is 0.903 bits per heavy atom. The predicted molar refractivity (Wildman–Crippen MR) is 130 cm³/mol. The molecule has 2 aromatic rings. The van der Waals surface area contributed by atoms with Gasteiger partial charge >= 0.3 is 0 Å². The number of benzene rings is 2. The molecule has 3 aliphatic rings. The highest BCUT2D eigenvalue weighted by molar-refractivity contribution is 7.69. The lowest BCUT2D eigenvalue weighted by Gasteiger charge is -2.36. The molecule has 5 rings (SSSR count). The fourth-order valence-electron chi connectivity index (χ4n) is 5.39. The predicted octanol–water partition coefficient (Wildman–Crippen LogP) is 6.20. The Balaban J connectivity index is 1.71. The number of likely N-dealkylation sites (N-methyl/N-ethyl adjacent to an activating group) is 1. The molecular formula is C25H31N4OP. The number of hydrogen-bond donors (Lipinski definition) is 0. The van der Waals surface area contributed by atoms with E-state index in [0.717, 1.165) is 42.6 Å². The van der Waals surface area contributed by atoms with Crippen molar-refractivity contribution in [2.24, 2.45) is 5.10 Å². The Kier molecular flexibility index (Phi) is 5.07. The molecule has 0 radical (unpaired) electrons. The van der Waals surface area contributed by atoms with Gasteiger partial charge in [-0.05, 0) is 36.6 Å². The molecule has 0 spiro atoms. The molecule has 6 heteroatoms. The van der Waals surface area contributed by atoms with Gasteiger partial charge in [0.15, 0.2) is 0 Å². The first-order valence-corrected chi connectivity index (χ1v) is 12.9. The topological polar surface area (TPSA) is 39.1 Å². The van der Waals surface area contributed by atoms with Crippen LogP contribution in [-0.4, -0.2) is 31.0 Å². The fourth-order valence-corrected chi connectivity index (χ4v) is 8.51. The van der Waals surface area contributed by atoms with Crippen LogP contribution in [-0.2, 0) is 9.98 Å². The minimum absolute atomic E-state index is 0.249. The number of hydrazone groups is 1. The number of hydrogen-bond acceptors (Lipinski definition) is 3. The van der Waals surface area contributed by atoms with E-state index in [2.05, 4.69) is 54.7 Å². The van der Waals surface area contributed by atoms with Gasteiger partial charge in [-0.2, -0.15) is 9.88 Å². The van der Waals surface area contributed by atoms with E-state index in [-0.39, 0.29) is 5.41 Å². The Hall–Kier alpha value is -2.36. The highest BCUT2D eigenvalue weighted by Crippen LogP contribution is 2.67. The van der Waals surface area contributed by atoms with E-state index in [9.17, 15) is 0 Å². The largest absolute Gasteiger partial charge is 0.346 e. The van der Waals surface area contributed by atoms with Crippen LogP contribution in [0.2, 0.25) is 0 Å². The second kappa shape index (κ2) is 7.65. The van der Waals surface area contributed by atoms with Crippen LogP contribution in [0.3, 0.4) is 0 Å². The number of fused-ring (bicyclic) bond motifs is 1. The van der Waals surface area contributed by atoms with E-state index in [0.29, 0.717) is 0 Å². The number of nitrogens with zero attached hydrogens (tertiary/aromatic N) is 4. The Morgan fingerprint density at radius 2 is 1.55 bits per heavy atom. The van der Waals surface area contributed by atoms with E-state index in [1.165, 1.54) is 24.1 Å². The van der Waals surface area contributed by atoms with Gasteiger partial charge in [-0.25, -0.2) is 4.67 Å². The molecule has 2 aromatic carbocycles. The first-order valence-electron chi connectivity index (χ1n) is 11.3. The second-order valence-corrected chi connectivity index (χ2v) is 11.7. The molecule has 3 aliphatic heterocycles. The molecule has 1 fully saturated rings. The van der Waals surface area contributed by atoms with Crippen molar-refractivity contribution in [3.63, 3.8) is 0 Å². The average molecular weight is 435 g/mol. The smallest absolute Gasteiger partial charge is 0.292 e. The number of allylic oxidation sites excluding steroid dienone is 2. The van der Waals surface area contributed by atoms with Crippen molar-refractivity contribution in [1.82, 2.24) is 4.67 Å². The third-order valence-electron chi connectivity index (χ3n) is 6.92. The molecular weight excluding hydrogens is 403 g/mol.